The summed E-state index contributed by atoms with van der Waals surface area (Å²) in [5.41, 5.74) is 3.06. The van der Waals surface area contributed by atoms with Gasteiger partial charge in [0.1, 0.15) is 12.7 Å². The first-order valence-electron chi connectivity index (χ1n) is 6.66. The maximum Gasteiger partial charge on any atom is 0.138 e. The summed E-state index contributed by atoms with van der Waals surface area (Å²) in [6, 6.07) is 7.95. The van der Waals surface area contributed by atoms with Gasteiger partial charge in [-0.05, 0) is 24.3 Å². The molecule has 0 aliphatic carbocycles. The van der Waals surface area contributed by atoms with E-state index in [4.69, 9.17) is 5.11 Å². The van der Waals surface area contributed by atoms with E-state index in [2.05, 4.69) is 20.5 Å². The number of anilines is 1. The molecule has 3 rings (SSSR count). The minimum atomic E-state index is 0.0955. The minimum Gasteiger partial charge on any atom is -0.394 e. The molecule has 2 N–H and O–H groups in total. The topological polar surface area (TPSA) is 80.8 Å². The number of nitrogens with zero attached hydrogens (tertiary/aromatic N) is 5. The molecule has 0 bridgehead atoms. The van der Waals surface area contributed by atoms with Gasteiger partial charge in [0, 0.05) is 24.0 Å². The van der Waals surface area contributed by atoms with E-state index >= 15 is 0 Å². The molecule has 108 valence electrons. The molecule has 2 heterocycles. The molecule has 0 atom stereocenters. The van der Waals surface area contributed by atoms with E-state index in [1.165, 1.54) is 6.33 Å². The molecule has 0 radical (unpaired) electrons. The van der Waals surface area contributed by atoms with E-state index in [9.17, 15) is 0 Å². The molecule has 0 aliphatic rings. The zero-order valence-electron chi connectivity index (χ0n) is 11.4. The van der Waals surface area contributed by atoms with E-state index in [0.29, 0.717) is 13.1 Å². The number of nitrogens with one attached hydrogen (secondary N) is 1. The number of benzene rings is 1. The van der Waals surface area contributed by atoms with Gasteiger partial charge in [-0.25, -0.2) is 9.67 Å². The summed E-state index contributed by atoms with van der Waals surface area (Å²) in [5, 5.41) is 20.4. The van der Waals surface area contributed by atoms with Crippen molar-refractivity contribution in [2.45, 2.75) is 13.1 Å². The Morgan fingerprint density at radius 3 is 2.71 bits per heavy atom. The van der Waals surface area contributed by atoms with Crippen molar-refractivity contribution in [2.75, 3.05) is 11.9 Å². The Bertz CT molecular complexity index is 674. The lowest BCUT2D eigenvalue weighted by molar-refractivity contribution is 0.269. The lowest BCUT2D eigenvalue weighted by Gasteiger charge is -2.06. The van der Waals surface area contributed by atoms with Crippen molar-refractivity contribution in [2.24, 2.45) is 0 Å². The van der Waals surface area contributed by atoms with Crippen LogP contribution in [-0.2, 0) is 13.1 Å². The van der Waals surface area contributed by atoms with Gasteiger partial charge in [0.05, 0.1) is 25.0 Å². The van der Waals surface area contributed by atoms with Crippen molar-refractivity contribution < 1.29 is 5.11 Å². The minimum absolute atomic E-state index is 0.0955. The Kier molecular flexibility index (Phi) is 3.92. The number of hydrogen-bond acceptors (Lipinski definition) is 5. The molecular weight excluding hydrogens is 268 g/mol. The van der Waals surface area contributed by atoms with Gasteiger partial charge in [-0.3, -0.25) is 4.68 Å². The summed E-state index contributed by atoms with van der Waals surface area (Å²) in [6.45, 7) is 1.30. The largest absolute Gasteiger partial charge is 0.394 e. The molecule has 7 heteroatoms. The molecule has 0 fully saturated rings. The second kappa shape index (κ2) is 6.19. The van der Waals surface area contributed by atoms with E-state index in [1.807, 2.05) is 30.5 Å². The Morgan fingerprint density at radius 1 is 1.14 bits per heavy atom. The molecule has 2 aromatic heterocycles. The van der Waals surface area contributed by atoms with E-state index in [1.54, 1.807) is 21.9 Å². The van der Waals surface area contributed by atoms with Crippen LogP contribution in [0.4, 0.5) is 5.69 Å². The van der Waals surface area contributed by atoms with Gasteiger partial charge in [-0.2, -0.15) is 10.2 Å². The van der Waals surface area contributed by atoms with Crippen LogP contribution < -0.4 is 5.32 Å². The summed E-state index contributed by atoms with van der Waals surface area (Å²) >= 11 is 0. The van der Waals surface area contributed by atoms with Crippen molar-refractivity contribution in [3.05, 3.63) is 54.9 Å². The monoisotopic (exact) mass is 284 g/mol. The Morgan fingerprint density at radius 2 is 2.00 bits per heavy atom. The maximum absolute atomic E-state index is 8.85. The fraction of sp³-hybridized carbons (Fsp3) is 0.214. The number of aliphatic hydroxyl groups is 1. The zero-order valence-corrected chi connectivity index (χ0v) is 11.4. The summed E-state index contributed by atoms with van der Waals surface area (Å²) in [5.74, 6) is 0. The van der Waals surface area contributed by atoms with Gasteiger partial charge in [-0.1, -0.05) is 0 Å². The normalized spacial score (nSPS) is 10.7. The van der Waals surface area contributed by atoms with Crippen molar-refractivity contribution in [3.63, 3.8) is 0 Å². The number of aromatic nitrogens is 5. The molecule has 21 heavy (non-hydrogen) atoms. The molecule has 0 saturated carbocycles. The van der Waals surface area contributed by atoms with Crippen LogP contribution in [0.25, 0.3) is 5.69 Å². The van der Waals surface area contributed by atoms with Crippen molar-refractivity contribution >= 4 is 5.69 Å². The molecular formula is C14H16N6O. The summed E-state index contributed by atoms with van der Waals surface area (Å²) < 4.78 is 3.44. The van der Waals surface area contributed by atoms with E-state index in [0.717, 1.165) is 16.9 Å². The summed E-state index contributed by atoms with van der Waals surface area (Å²) in [6.07, 6.45) is 6.90. The van der Waals surface area contributed by atoms with Crippen LogP contribution in [0.5, 0.6) is 0 Å². The van der Waals surface area contributed by atoms with E-state index < -0.39 is 0 Å². The molecule has 1 aromatic carbocycles. The fourth-order valence-electron chi connectivity index (χ4n) is 2.00. The average Bonchev–Trinajstić information content (AvgIpc) is 3.18. The van der Waals surface area contributed by atoms with Crippen LogP contribution in [0.1, 0.15) is 5.56 Å². The van der Waals surface area contributed by atoms with Gasteiger partial charge in [0.2, 0.25) is 0 Å². The van der Waals surface area contributed by atoms with Crippen LogP contribution in [0.15, 0.2) is 49.3 Å². The second-order valence-corrected chi connectivity index (χ2v) is 4.58. The second-order valence-electron chi connectivity index (χ2n) is 4.58. The smallest absolute Gasteiger partial charge is 0.138 e. The predicted molar refractivity (Wildman–Crippen MR) is 78.0 cm³/mol. The summed E-state index contributed by atoms with van der Waals surface area (Å²) in [7, 11) is 0. The van der Waals surface area contributed by atoms with Crippen molar-refractivity contribution in [1.82, 2.24) is 24.5 Å². The first kappa shape index (κ1) is 13.3. The third-order valence-electron chi connectivity index (χ3n) is 3.06. The van der Waals surface area contributed by atoms with Crippen LogP contribution in [0, 0.1) is 0 Å². The van der Waals surface area contributed by atoms with Gasteiger partial charge in [-0.15, -0.1) is 0 Å². The average molecular weight is 284 g/mol. The zero-order chi connectivity index (χ0) is 14.5. The SMILES string of the molecule is OCCn1cc(CNc2ccc(-n3cncn3)cc2)cn1. The van der Waals surface area contributed by atoms with Gasteiger partial charge >= 0.3 is 0 Å². The molecule has 0 saturated heterocycles. The third kappa shape index (κ3) is 3.26. The van der Waals surface area contributed by atoms with Gasteiger partial charge < -0.3 is 10.4 Å². The lowest BCUT2D eigenvalue weighted by atomic mass is 10.2. The van der Waals surface area contributed by atoms with Crippen LogP contribution in [0.3, 0.4) is 0 Å². The molecule has 0 amide bonds. The molecule has 3 aromatic rings. The Balaban J connectivity index is 1.60. The number of aliphatic hydroxyl groups excluding tert-OH is 1. The molecule has 0 spiro atoms. The van der Waals surface area contributed by atoms with Gasteiger partial charge in [0.15, 0.2) is 0 Å². The summed E-state index contributed by atoms with van der Waals surface area (Å²) in [4.78, 5) is 3.92. The van der Waals surface area contributed by atoms with Gasteiger partial charge in [0.25, 0.3) is 0 Å². The third-order valence-corrected chi connectivity index (χ3v) is 3.06. The highest BCUT2D eigenvalue weighted by Crippen LogP contribution is 2.13. The van der Waals surface area contributed by atoms with Crippen molar-refractivity contribution in [1.29, 1.82) is 0 Å². The maximum atomic E-state index is 8.85. The van der Waals surface area contributed by atoms with Crippen LogP contribution in [0.2, 0.25) is 0 Å². The van der Waals surface area contributed by atoms with Crippen LogP contribution in [-0.4, -0.2) is 36.3 Å². The number of rotatable bonds is 6. The standard InChI is InChI=1S/C14H16N6O/c21-6-5-19-9-12(8-17-19)7-16-13-1-3-14(4-2-13)20-11-15-10-18-20/h1-4,8-11,16,21H,5-7H2. The molecule has 0 aliphatic heterocycles. The molecule has 0 unspecified atom stereocenters. The first-order chi connectivity index (χ1) is 10.3. The molecule has 7 nitrogen and oxygen atoms in total. The highest BCUT2D eigenvalue weighted by Gasteiger charge is 2.00. The Labute approximate surface area is 121 Å². The highest BCUT2D eigenvalue weighted by molar-refractivity contribution is 5.48. The van der Waals surface area contributed by atoms with Crippen LogP contribution >= 0.6 is 0 Å². The lowest BCUT2D eigenvalue weighted by Crippen LogP contribution is -2.02. The van der Waals surface area contributed by atoms with E-state index in [-0.39, 0.29) is 6.61 Å². The highest BCUT2D eigenvalue weighted by atomic mass is 16.3. The predicted octanol–water partition coefficient (Wildman–Crippen LogP) is 1.07. The first-order valence-corrected chi connectivity index (χ1v) is 6.66. The Hall–Kier alpha value is -2.67. The van der Waals surface area contributed by atoms with Crippen molar-refractivity contribution in [3.8, 4) is 5.69 Å². The quantitative estimate of drug-likeness (QED) is 0.707. The fourth-order valence-corrected chi connectivity index (χ4v) is 2.00. The number of hydrogen-bond donors (Lipinski definition) is 2.